The van der Waals surface area contributed by atoms with E-state index < -0.39 is 0 Å². The van der Waals surface area contributed by atoms with E-state index >= 15 is 0 Å². The number of ether oxygens (including phenoxy) is 2. The number of carbonyl (C=O) groups is 1. The zero-order chi connectivity index (χ0) is 12.4. The Hall–Kier alpha value is -1.79. The van der Waals surface area contributed by atoms with Gasteiger partial charge < -0.3 is 26.3 Å². The Morgan fingerprint density at radius 1 is 1.47 bits per heavy atom. The molecule has 0 saturated heterocycles. The Kier molecular flexibility index (Phi) is 3.16. The second-order valence-electron chi connectivity index (χ2n) is 3.82. The summed E-state index contributed by atoms with van der Waals surface area (Å²) in [6.07, 6.45) is 0. The van der Waals surface area contributed by atoms with Crippen molar-refractivity contribution < 1.29 is 14.3 Å². The number of carbonyl (C=O) groups excluding carboxylic acids is 1. The molecule has 6 nitrogen and oxygen atoms in total. The number of anilines is 1. The first-order valence-corrected chi connectivity index (χ1v) is 5.28. The van der Waals surface area contributed by atoms with Crippen molar-refractivity contribution in [2.24, 2.45) is 11.5 Å². The first kappa shape index (κ1) is 11.7. The van der Waals surface area contributed by atoms with Crippen molar-refractivity contribution in [2.45, 2.75) is 13.0 Å². The highest BCUT2D eigenvalue weighted by Gasteiger charge is 2.20. The van der Waals surface area contributed by atoms with Gasteiger partial charge in [-0.25, -0.2) is 0 Å². The van der Waals surface area contributed by atoms with Gasteiger partial charge in [0.05, 0.1) is 0 Å². The molecule has 0 saturated carbocycles. The molecule has 0 aliphatic carbocycles. The van der Waals surface area contributed by atoms with E-state index in [0.717, 1.165) is 5.56 Å². The van der Waals surface area contributed by atoms with Gasteiger partial charge in [-0.3, -0.25) is 4.79 Å². The van der Waals surface area contributed by atoms with Gasteiger partial charge >= 0.3 is 0 Å². The highest BCUT2D eigenvalue weighted by atomic mass is 16.7. The number of hydrogen-bond acceptors (Lipinski definition) is 5. The maximum absolute atomic E-state index is 11.1. The molecular formula is C11H15N3O3. The summed E-state index contributed by atoms with van der Waals surface area (Å²) in [5.74, 6) is 1.05. The van der Waals surface area contributed by atoms with E-state index in [1.807, 2.05) is 0 Å². The molecule has 92 valence electrons. The van der Waals surface area contributed by atoms with Crippen molar-refractivity contribution in [3.05, 3.63) is 17.7 Å². The number of fused-ring (bicyclic) bond motifs is 1. The Labute approximate surface area is 98.9 Å². The first-order valence-electron chi connectivity index (χ1n) is 5.28. The molecule has 1 amide bonds. The van der Waals surface area contributed by atoms with Gasteiger partial charge in [-0.05, 0) is 11.6 Å². The highest BCUT2D eigenvalue weighted by molar-refractivity contribution is 5.90. The molecule has 1 atom stereocenters. The summed E-state index contributed by atoms with van der Waals surface area (Å²) in [4.78, 5) is 11.1. The predicted molar refractivity (Wildman–Crippen MR) is 62.9 cm³/mol. The van der Waals surface area contributed by atoms with Crippen LogP contribution in [0.15, 0.2) is 12.1 Å². The Morgan fingerprint density at radius 2 is 2.12 bits per heavy atom. The minimum Gasteiger partial charge on any atom is -0.454 e. The van der Waals surface area contributed by atoms with Gasteiger partial charge in [0.15, 0.2) is 11.5 Å². The van der Waals surface area contributed by atoms with Crippen LogP contribution in [-0.2, 0) is 4.79 Å². The van der Waals surface area contributed by atoms with Gasteiger partial charge in [-0.1, -0.05) is 0 Å². The Morgan fingerprint density at radius 3 is 2.71 bits per heavy atom. The molecule has 0 aromatic heterocycles. The molecule has 0 unspecified atom stereocenters. The molecule has 6 heteroatoms. The number of benzene rings is 1. The van der Waals surface area contributed by atoms with Crippen LogP contribution in [0.5, 0.6) is 11.5 Å². The summed E-state index contributed by atoms with van der Waals surface area (Å²) in [5, 5.41) is 2.71. The number of nitrogens with one attached hydrogen (secondary N) is 1. The standard InChI is InChI=1S/C11H15N3O3/c1-6(15)14-9-3-11-10(16-5-17-11)2-7(9)8(13)4-12/h2-3,8H,4-5,12-13H2,1H3,(H,14,15)/t8-/m1/s1. The minimum atomic E-state index is -0.355. The maximum atomic E-state index is 11.1. The fraction of sp³-hybridized carbons (Fsp3) is 0.364. The van der Waals surface area contributed by atoms with Gasteiger partial charge in [0.2, 0.25) is 12.7 Å². The third kappa shape index (κ3) is 2.32. The number of hydrogen-bond donors (Lipinski definition) is 3. The lowest BCUT2D eigenvalue weighted by molar-refractivity contribution is -0.114. The fourth-order valence-electron chi connectivity index (χ4n) is 1.69. The molecule has 1 aromatic carbocycles. The van der Waals surface area contributed by atoms with Crippen molar-refractivity contribution in [3.8, 4) is 11.5 Å². The highest BCUT2D eigenvalue weighted by Crippen LogP contribution is 2.38. The van der Waals surface area contributed by atoms with Gasteiger partial charge in [-0.2, -0.15) is 0 Å². The zero-order valence-electron chi connectivity index (χ0n) is 9.53. The van der Waals surface area contributed by atoms with Crippen LogP contribution in [0, 0.1) is 0 Å². The molecule has 0 fully saturated rings. The summed E-state index contributed by atoms with van der Waals surface area (Å²) < 4.78 is 10.5. The Balaban J connectivity index is 2.43. The lowest BCUT2D eigenvalue weighted by Crippen LogP contribution is -2.22. The normalized spacial score (nSPS) is 14.5. The molecule has 1 aliphatic heterocycles. The summed E-state index contributed by atoms with van der Waals surface area (Å²) >= 11 is 0. The van der Waals surface area contributed by atoms with Gasteiger partial charge in [0.1, 0.15) is 0 Å². The van der Waals surface area contributed by atoms with Crippen molar-refractivity contribution >= 4 is 11.6 Å². The van der Waals surface area contributed by atoms with Crippen LogP contribution in [0.4, 0.5) is 5.69 Å². The number of rotatable bonds is 3. The molecule has 0 radical (unpaired) electrons. The summed E-state index contributed by atoms with van der Waals surface area (Å²) in [6.45, 7) is 1.89. The molecular weight excluding hydrogens is 222 g/mol. The van der Waals surface area contributed by atoms with Gasteiger partial charge in [0.25, 0.3) is 0 Å². The quantitative estimate of drug-likeness (QED) is 0.703. The van der Waals surface area contributed by atoms with E-state index in [-0.39, 0.29) is 25.3 Å². The van der Waals surface area contributed by atoms with Crippen LogP contribution >= 0.6 is 0 Å². The van der Waals surface area contributed by atoms with Crippen molar-refractivity contribution in [2.75, 3.05) is 18.7 Å². The third-order valence-electron chi connectivity index (χ3n) is 2.51. The van der Waals surface area contributed by atoms with Crippen molar-refractivity contribution in [1.29, 1.82) is 0 Å². The van der Waals surface area contributed by atoms with E-state index in [9.17, 15) is 4.79 Å². The number of nitrogens with two attached hydrogens (primary N) is 2. The molecule has 0 spiro atoms. The zero-order valence-corrected chi connectivity index (χ0v) is 9.53. The molecule has 2 rings (SSSR count). The van der Waals surface area contributed by atoms with Crippen LogP contribution in [0.2, 0.25) is 0 Å². The molecule has 1 aromatic rings. The van der Waals surface area contributed by atoms with Crippen molar-refractivity contribution in [3.63, 3.8) is 0 Å². The molecule has 17 heavy (non-hydrogen) atoms. The summed E-state index contributed by atoms with van der Waals surface area (Å²) in [6, 6.07) is 3.10. The van der Waals surface area contributed by atoms with E-state index in [2.05, 4.69) is 5.32 Å². The summed E-state index contributed by atoms with van der Waals surface area (Å²) in [7, 11) is 0. The lowest BCUT2D eigenvalue weighted by Gasteiger charge is -2.15. The van der Waals surface area contributed by atoms with Gasteiger partial charge in [-0.15, -0.1) is 0 Å². The topological polar surface area (TPSA) is 99.6 Å². The average molecular weight is 237 g/mol. The monoisotopic (exact) mass is 237 g/mol. The van der Waals surface area contributed by atoms with E-state index in [4.69, 9.17) is 20.9 Å². The van der Waals surface area contributed by atoms with Crippen LogP contribution in [0.3, 0.4) is 0 Å². The first-order chi connectivity index (χ1) is 8.11. The van der Waals surface area contributed by atoms with Gasteiger partial charge in [0, 0.05) is 31.3 Å². The SMILES string of the molecule is CC(=O)Nc1cc2c(cc1[C@H](N)CN)OCO2. The van der Waals surface area contributed by atoms with E-state index in [1.165, 1.54) is 6.92 Å². The summed E-state index contributed by atoms with van der Waals surface area (Å²) in [5.41, 5.74) is 12.8. The maximum Gasteiger partial charge on any atom is 0.231 e. The molecule has 5 N–H and O–H groups in total. The molecule has 0 bridgehead atoms. The third-order valence-corrected chi connectivity index (χ3v) is 2.51. The van der Waals surface area contributed by atoms with Crippen LogP contribution < -0.4 is 26.3 Å². The Bertz CT molecular complexity index is 448. The second-order valence-corrected chi connectivity index (χ2v) is 3.82. The van der Waals surface area contributed by atoms with Crippen molar-refractivity contribution in [1.82, 2.24) is 0 Å². The molecule has 1 aliphatic rings. The average Bonchev–Trinajstić information content (AvgIpc) is 2.73. The van der Waals surface area contributed by atoms with E-state index in [1.54, 1.807) is 12.1 Å². The lowest BCUT2D eigenvalue weighted by atomic mass is 10.0. The van der Waals surface area contributed by atoms with E-state index in [0.29, 0.717) is 17.2 Å². The smallest absolute Gasteiger partial charge is 0.231 e. The van der Waals surface area contributed by atoms with Crippen LogP contribution in [0.25, 0.3) is 0 Å². The minimum absolute atomic E-state index is 0.172. The largest absolute Gasteiger partial charge is 0.454 e. The van der Waals surface area contributed by atoms with Crippen LogP contribution in [-0.4, -0.2) is 19.2 Å². The molecule has 1 heterocycles. The second kappa shape index (κ2) is 4.60. The fourth-order valence-corrected chi connectivity index (χ4v) is 1.69. The van der Waals surface area contributed by atoms with Crippen LogP contribution in [0.1, 0.15) is 18.5 Å². The number of amides is 1. The predicted octanol–water partition coefficient (Wildman–Crippen LogP) is 0.332.